The second-order valence-corrected chi connectivity index (χ2v) is 10.6. The van der Waals surface area contributed by atoms with Gasteiger partial charge in [-0.15, -0.1) is 0 Å². The number of carbonyl (C=O) groups excluding carboxylic acids is 3. The smallest absolute Gasteiger partial charge is 0.245 e. The lowest BCUT2D eigenvalue weighted by Crippen LogP contribution is -2.59. The molecule has 0 saturated carbocycles. The summed E-state index contributed by atoms with van der Waals surface area (Å²) >= 11 is 0. The number of likely N-dealkylation sites (tertiary alicyclic amines) is 1. The highest BCUT2D eigenvalue weighted by Crippen LogP contribution is 2.41. The first kappa shape index (κ1) is 24.9. The molecule has 0 aromatic carbocycles. The number of nitrogens with zero attached hydrogens (tertiary/aromatic N) is 5. The maximum absolute atomic E-state index is 12.2. The van der Waals surface area contributed by atoms with Crippen LogP contribution in [0.1, 0.15) is 51.3 Å². The first-order valence-corrected chi connectivity index (χ1v) is 12.4. The Hall–Kier alpha value is -3.17. The number of nitrogens with one attached hydrogen (secondary N) is 2. The van der Waals surface area contributed by atoms with Crippen molar-refractivity contribution in [1.29, 1.82) is 0 Å². The van der Waals surface area contributed by atoms with Crippen molar-refractivity contribution < 1.29 is 14.4 Å². The van der Waals surface area contributed by atoms with Crippen LogP contribution >= 0.6 is 0 Å². The minimum atomic E-state index is -0.0804. The van der Waals surface area contributed by atoms with E-state index in [0.717, 1.165) is 50.3 Å². The quantitative estimate of drug-likeness (QED) is 0.540. The minimum Gasteiger partial charge on any atom is -0.366 e. The zero-order valence-electron chi connectivity index (χ0n) is 21.3. The van der Waals surface area contributed by atoms with Crippen LogP contribution in [0, 0.1) is 11.3 Å². The van der Waals surface area contributed by atoms with Gasteiger partial charge in [-0.2, -0.15) is 4.98 Å². The van der Waals surface area contributed by atoms with Crippen molar-refractivity contribution in [3.05, 3.63) is 23.9 Å². The van der Waals surface area contributed by atoms with Crippen LogP contribution in [0.3, 0.4) is 0 Å². The van der Waals surface area contributed by atoms with Gasteiger partial charge in [0.15, 0.2) is 0 Å². The zero-order valence-corrected chi connectivity index (χ0v) is 21.3. The maximum atomic E-state index is 12.2. The highest BCUT2D eigenvalue weighted by molar-refractivity contribution is 5.87. The second kappa shape index (κ2) is 9.83. The third-order valence-electron chi connectivity index (χ3n) is 7.28. The lowest BCUT2D eigenvalue weighted by atomic mass is 9.79. The molecule has 10 nitrogen and oxygen atoms in total. The summed E-state index contributed by atoms with van der Waals surface area (Å²) in [5.74, 6) is 1.71. The van der Waals surface area contributed by atoms with Crippen molar-refractivity contribution in [3.63, 3.8) is 0 Å². The number of amides is 3. The molecule has 1 atom stereocenters. The monoisotopic (exact) mass is 483 g/mol. The molecule has 1 aromatic heterocycles. The Bertz CT molecular complexity index is 1020. The number of aromatic nitrogens is 2. The molecule has 0 bridgehead atoms. The number of rotatable bonds is 8. The minimum absolute atomic E-state index is 0.00108. The molecule has 3 aliphatic rings. The van der Waals surface area contributed by atoms with Gasteiger partial charge in [0.05, 0.1) is 18.8 Å². The lowest BCUT2D eigenvalue weighted by molar-refractivity contribution is -0.136. The molecule has 2 N–H and O–H groups in total. The summed E-state index contributed by atoms with van der Waals surface area (Å²) in [6.07, 6.45) is 3.51. The van der Waals surface area contributed by atoms with E-state index in [4.69, 9.17) is 9.97 Å². The van der Waals surface area contributed by atoms with Gasteiger partial charge in [-0.05, 0) is 24.8 Å². The molecule has 35 heavy (non-hydrogen) atoms. The van der Waals surface area contributed by atoms with Crippen LogP contribution in [0.2, 0.25) is 0 Å². The van der Waals surface area contributed by atoms with Crippen molar-refractivity contribution in [2.75, 3.05) is 43.4 Å². The van der Waals surface area contributed by atoms with Crippen molar-refractivity contribution >= 4 is 29.5 Å². The summed E-state index contributed by atoms with van der Waals surface area (Å²) < 4.78 is 0. The molecule has 4 rings (SSSR count). The van der Waals surface area contributed by atoms with E-state index in [1.165, 1.54) is 6.08 Å². The van der Waals surface area contributed by atoms with E-state index in [0.29, 0.717) is 37.2 Å². The van der Waals surface area contributed by atoms with Crippen LogP contribution in [-0.4, -0.2) is 76.8 Å². The molecule has 0 aliphatic carbocycles. The molecule has 1 spiro atoms. The van der Waals surface area contributed by atoms with Crippen LogP contribution in [-0.2, 0) is 27.5 Å². The molecule has 190 valence electrons. The van der Waals surface area contributed by atoms with Gasteiger partial charge in [0.1, 0.15) is 5.82 Å². The van der Waals surface area contributed by atoms with Crippen molar-refractivity contribution in [2.45, 2.75) is 59.2 Å². The van der Waals surface area contributed by atoms with Crippen molar-refractivity contribution in [2.24, 2.45) is 11.3 Å². The molecule has 3 amide bonds. The predicted octanol–water partition coefficient (Wildman–Crippen LogP) is 1.53. The summed E-state index contributed by atoms with van der Waals surface area (Å²) in [6, 6.07) is -0.0804. The first-order chi connectivity index (χ1) is 16.6. The summed E-state index contributed by atoms with van der Waals surface area (Å²) in [4.78, 5) is 51.8. The summed E-state index contributed by atoms with van der Waals surface area (Å²) in [6.45, 7) is 13.4. The normalized spacial score (nSPS) is 18.9. The Morgan fingerprint density at radius 3 is 2.51 bits per heavy atom. The van der Waals surface area contributed by atoms with Gasteiger partial charge < -0.3 is 25.3 Å². The third kappa shape index (κ3) is 5.26. The number of hydrogen-bond acceptors (Lipinski definition) is 7. The molecule has 10 heteroatoms. The molecule has 1 aromatic rings. The van der Waals surface area contributed by atoms with Gasteiger partial charge in [-0.1, -0.05) is 20.4 Å². The van der Waals surface area contributed by atoms with E-state index < -0.39 is 0 Å². The fourth-order valence-electron chi connectivity index (χ4n) is 5.42. The molecule has 3 aliphatic heterocycles. The lowest BCUT2D eigenvalue weighted by Gasteiger charge is -2.47. The topological polar surface area (TPSA) is 111 Å². The fourth-order valence-corrected chi connectivity index (χ4v) is 5.42. The van der Waals surface area contributed by atoms with E-state index in [1.54, 1.807) is 18.9 Å². The molecule has 4 heterocycles. The van der Waals surface area contributed by atoms with E-state index in [1.807, 2.05) is 4.90 Å². The first-order valence-electron chi connectivity index (χ1n) is 12.4. The summed E-state index contributed by atoms with van der Waals surface area (Å²) in [5, 5.41) is 6.25. The molecule has 2 fully saturated rings. The molecule has 0 radical (unpaired) electrons. The largest absolute Gasteiger partial charge is 0.366 e. The number of anilines is 2. The van der Waals surface area contributed by atoms with Gasteiger partial charge in [0.2, 0.25) is 23.7 Å². The SMILES string of the molecule is C=CC(=O)N1CC2(CCN(c3nc4c(c(NC(CC(=O)NC)CC(C)C)n3)CN(C(C)=O)C4)C2)C1. The van der Waals surface area contributed by atoms with Gasteiger partial charge in [-0.3, -0.25) is 14.4 Å². The Morgan fingerprint density at radius 1 is 1.14 bits per heavy atom. The Labute approximate surface area is 207 Å². The van der Waals surface area contributed by atoms with Gasteiger partial charge >= 0.3 is 0 Å². The fraction of sp³-hybridized carbons (Fsp3) is 0.640. The second-order valence-electron chi connectivity index (χ2n) is 10.6. The Morgan fingerprint density at radius 2 is 1.89 bits per heavy atom. The van der Waals surface area contributed by atoms with Gasteiger partial charge in [0.25, 0.3) is 0 Å². The Balaban J connectivity index is 1.58. The van der Waals surface area contributed by atoms with E-state index in [2.05, 4.69) is 36.0 Å². The van der Waals surface area contributed by atoms with E-state index >= 15 is 0 Å². The van der Waals surface area contributed by atoms with Crippen LogP contribution in [0.25, 0.3) is 0 Å². The maximum Gasteiger partial charge on any atom is 0.245 e. The molecule has 2 saturated heterocycles. The van der Waals surface area contributed by atoms with Crippen molar-refractivity contribution in [1.82, 2.24) is 25.1 Å². The molecular formula is C25H37N7O3. The average molecular weight is 484 g/mol. The average Bonchev–Trinajstić information content (AvgIpc) is 3.42. The number of hydrogen-bond donors (Lipinski definition) is 2. The van der Waals surface area contributed by atoms with Crippen LogP contribution in [0.15, 0.2) is 12.7 Å². The van der Waals surface area contributed by atoms with E-state index in [9.17, 15) is 14.4 Å². The summed E-state index contributed by atoms with van der Waals surface area (Å²) in [5.41, 5.74) is 1.85. The molecular weight excluding hydrogens is 446 g/mol. The van der Waals surface area contributed by atoms with Crippen LogP contribution < -0.4 is 15.5 Å². The van der Waals surface area contributed by atoms with Crippen LogP contribution in [0.5, 0.6) is 0 Å². The Kier molecular flexibility index (Phi) is 7.00. The molecule has 1 unspecified atom stereocenters. The number of carbonyl (C=O) groups is 3. The van der Waals surface area contributed by atoms with Gasteiger partial charge in [0, 0.05) is 63.6 Å². The zero-order chi connectivity index (χ0) is 25.3. The van der Waals surface area contributed by atoms with Crippen LogP contribution in [0.4, 0.5) is 11.8 Å². The van der Waals surface area contributed by atoms with Crippen molar-refractivity contribution in [3.8, 4) is 0 Å². The van der Waals surface area contributed by atoms with E-state index in [-0.39, 0.29) is 29.2 Å². The standard InChI is InChI=1S/C25H37N7O3/c1-6-22(35)32-14-25(15-32)7-8-30(13-25)24-28-20-12-31(17(4)33)11-19(20)23(29-24)27-18(9-16(2)3)10-21(34)26-5/h6,16,18H,1,7-15H2,2-5H3,(H,26,34)(H,27,28,29). The van der Waals surface area contributed by atoms with Gasteiger partial charge in [-0.25, -0.2) is 4.98 Å². The highest BCUT2D eigenvalue weighted by atomic mass is 16.2. The summed E-state index contributed by atoms with van der Waals surface area (Å²) in [7, 11) is 1.65. The highest BCUT2D eigenvalue weighted by Gasteiger charge is 2.49. The predicted molar refractivity (Wildman–Crippen MR) is 134 cm³/mol. The number of fused-ring (bicyclic) bond motifs is 1. The third-order valence-corrected chi connectivity index (χ3v) is 7.28.